The predicted octanol–water partition coefficient (Wildman–Crippen LogP) is -1.23. The molecule has 20 heavy (non-hydrogen) atoms. The first-order chi connectivity index (χ1) is 9.11. The van der Waals surface area contributed by atoms with Gasteiger partial charge in [-0.1, -0.05) is 0 Å². The molecule has 10 nitrogen and oxygen atoms in total. The van der Waals surface area contributed by atoms with E-state index in [1.165, 1.54) is 6.92 Å². The van der Waals surface area contributed by atoms with Crippen LogP contribution in [0.2, 0.25) is 0 Å². The van der Waals surface area contributed by atoms with Crippen LogP contribution < -0.4 is 11.2 Å². The maximum absolute atomic E-state index is 11.9. The molecule has 0 saturated heterocycles. The zero-order chi connectivity index (χ0) is 15.7. The summed E-state index contributed by atoms with van der Waals surface area (Å²) in [6, 6.07) is 0. The van der Waals surface area contributed by atoms with E-state index in [0.29, 0.717) is 4.57 Å². The van der Waals surface area contributed by atoms with Crippen LogP contribution in [-0.2, 0) is 17.9 Å². The minimum atomic E-state index is -2.40. The highest BCUT2D eigenvalue weighted by atomic mass is 16.6. The summed E-state index contributed by atoms with van der Waals surface area (Å²) in [6.45, 7) is 1.57. The Labute approximate surface area is 111 Å². The molecule has 0 fully saturated rings. The quantitative estimate of drug-likeness (QED) is 0.509. The van der Waals surface area contributed by atoms with Gasteiger partial charge in [0.2, 0.25) is 0 Å². The lowest BCUT2D eigenvalue weighted by Crippen LogP contribution is -2.49. The van der Waals surface area contributed by atoms with Gasteiger partial charge >= 0.3 is 22.9 Å². The molecule has 0 aliphatic carbocycles. The summed E-state index contributed by atoms with van der Waals surface area (Å²) >= 11 is 0. The molecule has 2 N–H and O–H groups in total. The molecule has 1 aromatic heterocycles. The molecule has 1 atom stereocenters. The van der Waals surface area contributed by atoms with Gasteiger partial charge in [-0.2, -0.15) is 0 Å². The summed E-state index contributed by atoms with van der Waals surface area (Å²) in [5.74, 6) is -1.65. The Kier molecular flexibility index (Phi) is 4.08. The Hall–Kier alpha value is -2.49. The van der Waals surface area contributed by atoms with Gasteiger partial charge in [0, 0.05) is 6.54 Å². The third-order valence-electron chi connectivity index (χ3n) is 2.68. The molecule has 0 amide bonds. The fourth-order valence-electron chi connectivity index (χ4n) is 1.50. The lowest BCUT2D eigenvalue weighted by atomic mass is 10.1. The minimum absolute atomic E-state index is 0.0508. The number of carbonyl (C=O) groups is 1. The Bertz CT molecular complexity index is 670. The van der Waals surface area contributed by atoms with E-state index in [4.69, 9.17) is 5.11 Å². The third-order valence-corrected chi connectivity index (χ3v) is 2.68. The van der Waals surface area contributed by atoms with E-state index in [9.17, 15) is 29.6 Å². The van der Waals surface area contributed by atoms with Gasteiger partial charge in [0.15, 0.2) is 5.60 Å². The molecule has 110 valence electrons. The Morgan fingerprint density at radius 2 is 2.05 bits per heavy atom. The zero-order valence-electron chi connectivity index (χ0n) is 10.8. The lowest BCUT2D eigenvalue weighted by Gasteiger charge is -2.18. The van der Waals surface area contributed by atoms with Crippen molar-refractivity contribution in [1.82, 2.24) is 9.13 Å². The molecule has 0 saturated carbocycles. The van der Waals surface area contributed by atoms with Crippen molar-refractivity contribution in [2.75, 3.05) is 0 Å². The molecule has 0 aliphatic rings. The molecule has 1 heterocycles. The molecule has 1 aromatic rings. The normalized spacial score (nSPS) is 13.8. The number of hydrogen-bond acceptors (Lipinski definition) is 6. The van der Waals surface area contributed by atoms with Crippen molar-refractivity contribution in [2.24, 2.45) is 0 Å². The second kappa shape index (κ2) is 5.25. The van der Waals surface area contributed by atoms with Gasteiger partial charge in [-0.25, -0.2) is 9.59 Å². The van der Waals surface area contributed by atoms with E-state index in [1.54, 1.807) is 0 Å². The maximum atomic E-state index is 11.9. The fourth-order valence-corrected chi connectivity index (χ4v) is 1.50. The van der Waals surface area contributed by atoms with E-state index < -0.39 is 40.0 Å². The number of carboxylic acids is 1. The van der Waals surface area contributed by atoms with Crippen LogP contribution in [0, 0.1) is 10.1 Å². The first-order valence-electron chi connectivity index (χ1n) is 5.56. The largest absolute Gasteiger partial charge is 0.479 e. The van der Waals surface area contributed by atoms with Gasteiger partial charge in [-0.15, -0.1) is 0 Å². The summed E-state index contributed by atoms with van der Waals surface area (Å²) in [7, 11) is 0. The second-order valence-electron chi connectivity index (χ2n) is 4.31. The first kappa shape index (κ1) is 15.6. The van der Waals surface area contributed by atoms with Crippen LogP contribution in [0.1, 0.15) is 13.8 Å². The number of aryl methyl sites for hydroxylation is 1. The van der Waals surface area contributed by atoms with Crippen LogP contribution in [0.25, 0.3) is 0 Å². The van der Waals surface area contributed by atoms with E-state index in [0.717, 1.165) is 17.7 Å². The average molecular weight is 287 g/mol. The van der Waals surface area contributed by atoms with Gasteiger partial charge in [0.05, 0.1) is 17.7 Å². The number of aromatic nitrogens is 2. The molecule has 0 aromatic carbocycles. The monoisotopic (exact) mass is 287 g/mol. The maximum Gasteiger partial charge on any atom is 0.350 e. The fraction of sp³-hybridized carbons (Fsp3) is 0.500. The molecule has 1 unspecified atom stereocenters. The van der Waals surface area contributed by atoms with E-state index in [2.05, 4.69) is 0 Å². The SMILES string of the molecule is CCn1cc([N+](=O)[O-])c(=O)n(CC(C)(O)C(=O)O)c1=O. The summed E-state index contributed by atoms with van der Waals surface area (Å²) in [5, 5.41) is 29.1. The van der Waals surface area contributed by atoms with Crippen molar-refractivity contribution in [3.8, 4) is 0 Å². The predicted molar refractivity (Wildman–Crippen MR) is 65.6 cm³/mol. The van der Waals surface area contributed by atoms with Crippen molar-refractivity contribution in [3.05, 3.63) is 37.1 Å². The van der Waals surface area contributed by atoms with Gasteiger partial charge in [-0.3, -0.25) is 24.0 Å². The Morgan fingerprint density at radius 1 is 1.50 bits per heavy atom. The van der Waals surface area contributed by atoms with Crippen LogP contribution in [-0.4, -0.2) is 35.8 Å². The number of hydrogen-bond donors (Lipinski definition) is 2. The number of rotatable bonds is 5. The van der Waals surface area contributed by atoms with Crippen LogP contribution in [0.4, 0.5) is 5.69 Å². The van der Waals surface area contributed by atoms with Crippen molar-refractivity contribution in [3.63, 3.8) is 0 Å². The van der Waals surface area contributed by atoms with Gasteiger partial charge in [-0.05, 0) is 13.8 Å². The van der Waals surface area contributed by atoms with Gasteiger partial charge < -0.3 is 10.2 Å². The smallest absolute Gasteiger partial charge is 0.350 e. The molecule has 0 bridgehead atoms. The van der Waals surface area contributed by atoms with Gasteiger partial charge in [0.25, 0.3) is 0 Å². The highest BCUT2D eigenvalue weighted by Crippen LogP contribution is 2.07. The zero-order valence-corrected chi connectivity index (χ0v) is 10.8. The highest BCUT2D eigenvalue weighted by molar-refractivity contribution is 5.76. The van der Waals surface area contributed by atoms with Crippen LogP contribution in [0.15, 0.2) is 15.8 Å². The Morgan fingerprint density at radius 3 is 2.45 bits per heavy atom. The number of aliphatic carboxylic acids is 1. The lowest BCUT2D eigenvalue weighted by molar-refractivity contribution is -0.387. The van der Waals surface area contributed by atoms with Crippen molar-refractivity contribution in [2.45, 2.75) is 32.5 Å². The topological polar surface area (TPSA) is 145 Å². The third kappa shape index (κ3) is 2.74. The number of aliphatic hydroxyl groups is 1. The van der Waals surface area contributed by atoms with E-state index in [1.807, 2.05) is 0 Å². The molecule has 10 heteroatoms. The number of nitrogens with zero attached hydrogens (tertiary/aromatic N) is 3. The summed E-state index contributed by atoms with van der Waals surface area (Å²) < 4.78 is 1.23. The standard InChI is InChI=1S/C10H13N3O7/c1-3-11-4-6(13(19)20)7(14)12(9(11)17)5-10(2,18)8(15)16/h4,18H,3,5H2,1-2H3,(H,15,16). The molecule has 0 aliphatic heterocycles. The van der Waals surface area contributed by atoms with Crippen molar-refractivity contribution >= 4 is 11.7 Å². The molecule has 1 rings (SSSR count). The summed E-state index contributed by atoms with van der Waals surface area (Å²) in [4.78, 5) is 44.3. The highest BCUT2D eigenvalue weighted by Gasteiger charge is 2.33. The molecular formula is C10H13N3O7. The number of nitro groups is 1. The number of carboxylic acid groups (broad SMARTS) is 1. The summed E-state index contributed by atoms with van der Waals surface area (Å²) in [6.07, 6.45) is 0.788. The van der Waals surface area contributed by atoms with E-state index in [-0.39, 0.29) is 6.54 Å². The minimum Gasteiger partial charge on any atom is -0.479 e. The molecule has 0 spiro atoms. The summed E-state index contributed by atoms with van der Waals surface area (Å²) in [5.41, 5.74) is -5.45. The first-order valence-corrected chi connectivity index (χ1v) is 5.56. The second-order valence-corrected chi connectivity index (χ2v) is 4.31. The van der Waals surface area contributed by atoms with Crippen molar-refractivity contribution < 1.29 is 19.9 Å². The van der Waals surface area contributed by atoms with Crippen molar-refractivity contribution in [1.29, 1.82) is 0 Å². The molecule has 0 radical (unpaired) electrons. The molecular weight excluding hydrogens is 274 g/mol. The van der Waals surface area contributed by atoms with Crippen LogP contribution in [0.5, 0.6) is 0 Å². The van der Waals surface area contributed by atoms with Crippen LogP contribution in [0.3, 0.4) is 0 Å². The van der Waals surface area contributed by atoms with Crippen LogP contribution >= 0.6 is 0 Å². The van der Waals surface area contributed by atoms with Gasteiger partial charge in [0.1, 0.15) is 0 Å². The average Bonchev–Trinajstić information content (AvgIpc) is 2.34. The van der Waals surface area contributed by atoms with E-state index >= 15 is 0 Å². The Balaban J connectivity index is 3.58.